The molecule has 15 heavy (non-hydrogen) atoms. The van der Waals surface area contributed by atoms with E-state index in [0.717, 1.165) is 11.1 Å². The van der Waals surface area contributed by atoms with E-state index in [0.29, 0.717) is 11.8 Å². The van der Waals surface area contributed by atoms with Crippen molar-refractivity contribution in [1.29, 1.82) is 0 Å². The first-order valence-corrected chi connectivity index (χ1v) is 6.43. The minimum atomic E-state index is -0.0203. The predicted octanol–water partition coefficient (Wildman–Crippen LogP) is 3.05. The topological polar surface area (TPSA) is 29.1 Å². The quantitative estimate of drug-likeness (QED) is 0.812. The summed E-state index contributed by atoms with van der Waals surface area (Å²) in [7, 11) is 0. The molecule has 1 heterocycles. The van der Waals surface area contributed by atoms with E-state index in [1.807, 2.05) is 31.5 Å². The Balaban J connectivity index is 2.67. The number of aryl methyl sites for hydroxylation is 1. The van der Waals surface area contributed by atoms with E-state index in [4.69, 9.17) is 11.6 Å². The van der Waals surface area contributed by atoms with Crippen LogP contribution in [0, 0.1) is 12.8 Å². The van der Waals surface area contributed by atoms with Gasteiger partial charge in [0.15, 0.2) is 0 Å². The number of hydrogen-bond acceptors (Lipinski definition) is 2. The van der Waals surface area contributed by atoms with Crippen molar-refractivity contribution in [2.24, 2.45) is 5.92 Å². The fraction of sp³-hybridized carbons (Fsp3) is 0.545. The maximum absolute atomic E-state index is 11.8. The van der Waals surface area contributed by atoms with E-state index in [9.17, 15) is 4.79 Å². The Kier molecular flexibility index (Phi) is 4.61. The molecule has 0 aliphatic heterocycles. The van der Waals surface area contributed by atoms with Crippen LogP contribution >= 0.6 is 22.9 Å². The summed E-state index contributed by atoms with van der Waals surface area (Å²) >= 11 is 7.34. The van der Waals surface area contributed by atoms with Crippen molar-refractivity contribution in [3.8, 4) is 0 Å². The minimum absolute atomic E-state index is 0.0203. The van der Waals surface area contributed by atoms with Crippen molar-refractivity contribution < 1.29 is 4.79 Å². The average molecular weight is 246 g/mol. The van der Waals surface area contributed by atoms with Crippen LogP contribution in [-0.2, 0) is 0 Å². The molecule has 0 spiro atoms. The molecule has 1 aromatic rings. The standard InChI is InChI=1S/C11H16ClNOS/c1-7(2)10(4-12)13-11(14)9-6-15-5-8(9)3/h5-7,10H,4H2,1-3H3,(H,13,14). The largest absolute Gasteiger partial charge is 0.348 e. The van der Waals surface area contributed by atoms with Crippen molar-refractivity contribution in [3.05, 3.63) is 21.9 Å². The van der Waals surface area contributed by atoms with Gasteiger partial charge in [0, 0.05) is 17.3 Å². The van der Waals surface area contributed by atoms with Crippen LogP contribution in [0.3, 0.4) is 0 Å². The second-order valence-corrected chi connectivity index (χ2v) is 5.00. The highest BCUT2D eigenvalue weighted by molar-refractivity contribution is 7.08. The van der Waals surface area contributed by atoms with Gasteiger partial charge in [0.05, 0.1) is 5.56 Å². The van der Waals surface area contributed by atoms with Gasteiger partial charge in [-0.15, -0.1) is 11.6 Å². The highest BCUT2D eigenvalue weighted by atomic mass is 35.5. The van der Waals surface area contributed by atoms with Gasteiger partial charge in [0.25, 0.3) is 5.91 Å². The van der Waals surface area contributed by atoms with Crippen LogP contribution in [0.1, 0.15) is 29.8 Å². The fourth-order valence-electron chi connectivity index (χ4n) is 1.22. The first-order valence-electron chi connectivity index (χ1n) is 4.96. The SMILES string of the molecule is Cc1cscc1C(=O)NC(CCl)C(C)C. The van der Waals surface area contributed by atoms with Gasteiger partial charge in [-0.1, -0.05) is 13.8 Å². The monoisotopic (exact) mass is 245 g/mol. The minimum Gasteiger partial charge on any atom is -0.348 e. The van der Waals surface area contributed by atoms with E-state index in [-0.39, 0.29) is 11.9 Å². The number of rotatable bonds is 4. The molecule has 1 rings (SSSR count). The molecule has 1 atom stereocenters. The molecule has 0 aliphatic rings. The molecule has 84 valence electrons. The van der Waals surface area contributed by atoms with Gasteiger partial charge in [-0.25, -0.2) is 0 Å². The molecule has 0 radical (unpaired) electrons. The summed E-state index contributed by atoms with van der Waals surface area (Å²) in [5, 5.41) is 6.79. The number of alkyl halides is 1. The number of amides is 1. The highest BCUT2D eigenvalue weighted by Gasteiger charge is 2.17. The summed E-state index contributed by atoms with van der Waals surface area (Å²) in [6.45, 7) is 6.04. The van der Waals surface area contributed by atoms with E-state index in [1.54, 1.807) is 11.3 Å². The normalized spacial score (nSPS) is 12.9. The number of halogens is 1. The van der Waals surface area contributed by atoms with Crippen LogP contribution in [-0.4, -0.2) is 17.8 Å². The molecule has 0 bridgehead atoms. The molecule has 2 nitrogen and oxygen atoms in total. The molecule has 1 aromatic heterocycles. The summed E-state index contributed by atoms with van der Waals surface area (Å²) in [5.74, 6) is 0.783. The molecule has 1 amide bonds. The lowest BCUT2D eigenvalue weighted by Crippen LogP contribution is -2.39. The molecule has 0 fully saturated rings. The zero-order valence-corrected chi connectivity index (χ0v) is 10.8. The van der Waals surface area contributed by atoms with Gasteiger partial charge >= 0.3 is 0 Å². The zero-order valence-electron chi connectivity index (χ0n) is 9.21. The van der Waals surface area contributed by atoms with Crippen LogP contribution in [0.2, 0.25) is 0 Å². The van der Waals surface area contributed by atoms with Crippen molar-refractivity contribution in [2.45, 2.75) is 26.8 Å². The molecule has 0 aliphatic carbocycles. The molecule has 0 aromatic carbocycles. The van der Waals surface area contributed by atoms with Crippen LogP contribution in [0.4, 0.5) is 0 Å². The lowest BCUT2D eigenvalue weighted by molar-refractivity contribution is 0.0931. The molecule has 0 saturated heterocycles. The van der Waals surface area contributed by atoms with Crippen molar-refractivity contribution in [3.63, 3.8) is 0 Å². The van der Waals surface area contributed by atoms with Crippen LogP contribution < -0.4 is 5.32 Å². The van der Waals surface area contributed by atoms with E-state index < -0.39 is 0 Å². The maximum Gasteiger partial charge on any atom is 0.252 e. The van der Waals surface area contributed by atoms with Crippen LogP contribution in [0.5, 0.6) is 0 Å². The first-order chi connectivity index (χ1) is 7.06. The molecule has 1 unspecified atom stereocenters. The third kappa shape index (κ3) is 3.21. The lowest BCUT2D eigenvalue weighted by Gasteiger charge is -2.19. The van der Waals surface area contributed by atoms with Gasteiger partial charge in [0.1, 0.15) is 0 Å². The van der Waals surface area contributed by atoms with E-state index >= 15 is 0 Å². The zero-order chi connectivity index (χ0) is 11.4. The summed E-state index contributed by atoms with van der Waals surface area (Å²) in [6, 6.07) is 0.0402. The number of nitrogens with one attached hydrogen (secondary N) is 1. The third-order valence-electron chi connectivity index (χ3n) is 2.39. The molecule has 1 N–H and O–H groups in total. The first kappa shape index (κ1) is 12.5. The molecule has 4 heteroatoms. The molecular formula is C11H16ClNOS. The Morgan fingerprint density at radius 1 is 1.53 bits per heavy atom. The Morgan fingerprint density at radius 2 is 2.20 bits per heavy atom. The fourth-order valence-corrected chi connectivity index (χ4v) is 2.48. The van der Waals surface area contributed by atoms with E-state index in [1.165, 1.54) is 0 Å². The van der Waals surface area contributed by atoms with Gasteiger partial charge in [-0.05, 0) is 23.8 Å². The third-order valence-corrected chi connectivity index (χ3v) is 3.58. The molecule has 0 saturated carbocycles. The maximum atomic E-state index is 11.8. The Labute approximate surface area is 99.6 Å². The smallest absolute Gasteiger partial charge is 0.252 e. The van der Waals surface area contributed by atoms with Crippen molar-refractivity contribution >= 4 is 28.8 Å². The number of carbonyl (C=O) groups excluding carboxylic acids is 1. The van der Waals surface area contributed by atoms with Crippen molar-refractivity contribution in [2.75, 3.05) is 5.88 Å². The second-order valence-electron chi connectivity index (χ2n) is 3.95. The second kappa shape index (κ2) is 5.52. The average Bonchev–Trinajstić information content (AvgIpc) is 2.60. The Hall–Kier alpha value is -0.540. The lowest BCUT2D eigenvalue weighted by atomic mass is 10.1. The predicted molar refractivity (Wildman–Crippen MR) is 65.9 cm³/mol. The van der Waals surface area contributed by atoms with Gasteiger partial charge in [0.2, 0.25) is 0 Å². The summed E-state index contributed by atoms with van der Waals surface area (Å²) < 4.78 is 0. The van der Waals surface area contributed by atoms with Crippen molar-refractivity contribution in [1.82, 2.24) is 5.32 Å². The van der Waals surface area contributed by atoms with E-state index in [2.05, 4.69) is 5.32 Å². The Bertz CT molecular complexity index is 335. The van der Waals surface area contributed by atoms with Crippen LogP contribution in [0.15, 0.2) is 10.8 Å². The number of carbonyl (C=O) groups is 1. The van der Waals surface area contributed by atoms with Gasteiger partial charge in [-0.3, -0.25) is 4.79 Å². The van der Waals surface area contributed by atoms with Gasteiger partial charge < -0.3 is 5.32 Å². The van der Waals surface area contributed by atoms with Gasteiger partial charge in [-0.2, -0.15) is 11.3 Å². The number of thiophene rings is 1. The van der Waals surface area contributed by atoms with Crippen LogP contribution in [0.25, 0.3) is 0 Å². The molecular weight excluding hydrogens is 230 g/mol. The summed E-state index contributed by atoms with van der Waals surface area (Å²) in [5.41, 5.74) is 1.78. The highest BCUT2D eigenvalue weighted by Crippen LogP contribution is 2.14. The number of hydrogen-bond donors (Lipinski definition) is 1. The summed E-state index contributed by atoms with van der Waals surface area (Å²) in [4.78, 5) is 11.8. The Morgan fingerprint density at radius 3 is 2.60 bits per heavy atom. The summed E-state index contributed by atoms with van der Waals surface area (Å²) in [6.07, 6.45) is 0.